The lowest BCUT2D eigenvalue weighted by Gasteiger charge is -2.29. The van der Waals surface area contributed by atoms with E-state index in [4.69, 9.17) is 4.74 Å². The first kappa shape index (κ1) is 12.3. The van der Waals surface area contributed by atoms with E-state index in [1.54, 1.807) is 0 Å². The number of hydrogen-bond donors (Lipinski definition) is 2. The van der Waals surface area contributed by atoms with Crippen molar-refractivity contribution in [2.24, 2.45) is 0 Å². The Labute approximate surface area is 98.6 Å². The Morgan fingerprint density at radius 2 is 2.00 bits per heavy atom. The predicted molar refractivity (Wildman–Crippen MR) is 64.5 cm³/mol. The van der Waals surface area contributed by atoms with E-state index in [9.17, 15) is 5.11 Å². The molecular formula is C13H25NO2. The lowest BCUT2D eigenvalue weighted by atomic mass is 9.92. The highest BCUT2D eigenvalue weighted by molar-refractivity contribution is 4.80. The van der Waals surface area contributed by atoms with Crippen molar-refractivity contribution in [3.05, 3.63) is 0 Å². The second-order valence-corrected chi connectivity index (χ2v) is 5.44. The second-order valence-electron chi connectivity index (χ2n) is 5.44. The first-order chi connectivity index (χ1) is 7.74. The summed E-state index contributed by atoms with van der Waals surface area (Å²) in [5.74, 6) is 0. The van der Waals surface area contributed by atoms with E-state index in [-0.39, 0.29) is 6.10 Å². The summed E-state index contributed by atoms with van der Waals surface area (Å²) in [6.07, 6.45) is 8.20. The van der Waals surface area contributed by atoms with Gasteiger partial charge in [0.2, 0.25) is 0 Å². The number of aliphatic hydroxyl groups is 1. The van der Waals surface area contributed by atoms with Gasteiger partial charge in [-0.1, -0.05) is 0 Å². The molecule has 16 heavy (non-hydrogen) atoms. The summed E-state index contributed by atoms with van der Waals surface area (Å²) in [7, 11) is 0. The third-order valence-corrected chi connectivity index (χ3v) is 3.86. The van der Waals surface area contributed by atoms with Crippen LogP contribution >= 0.6 is 0 Å². The van der Waals surface area contributed by atoms with E-state index in [1.165, 1.54) is 12.8 Å². The lowest BCUT2D eigenvalue weighted by Crippen LogP contribution is -2.41. The predicted octanol–water partition coefficient (Wildman–Crippen LogP) is 1.84. The van der Waals surface area contributed by atoms with Crippen LogP contribution < -0.4 is 5.32 Å². The molecule has 0 spiro atoms. The number of nitrogens with one attached hydrogen (secondary N) is 1. The topological polar surface area (TPSA) is 41.5 Å². The van der Waals surface area contributed by atoms with Gasteiger partial charge in [-0.25, -0.2) is 0 Å². The van der Waals surface area contributed by atoms with Crippen LogP contribution in [0.2, 0.25) is 0 Å². The summed E-state index contributed by atoms with van der Waals surface area (Å²) in [6, 6.07) is 1.16. The van der Waals surface area contributed by atoms with Gasteiger partial charge in [0.05, 0.1) is 12.2 Å². The Balaban J connectivity index is 1.64. The molecule has 2 fully saturated rings. The molecule has 3 heteroatoms. The van der Waals surface area contributed by atoms with Crippen molar-refractivity contribution in [2.45, 2.75) is 76.2 Å². The summed E-state index contributed by atoms with van der Waals surface area (Å²) < 4.78 is 5.65. The molecule has 3 nitrogen and oxygen atoms in total. The lowest BCUT2D eigenvalue weighted by molar-refractivity contribution is 0.0881. The Morgan fingerprint density at radius 1 is 1.25 bits per heavy atom. The smallest absolute Gasteiger partial charge is 0.0590 e. The maximum Gasteiger partial charge on any atom is 0.0590 e. The van der Waals surface area contributed by atoms with Crippen molar-refractivity contribution in [3.63, 3.8) is 0 Å². The normalized spacial score (nSPS) is 37.5. The molecular weight excluding hydrogens is 202 g/mol. The largest absolute Gasteiger partial charge is 0.393 e. The molecule has 0 aromatic carbocycles. The molecule has 2 rings (SSSR count). The molecule has 1 saturated heterocycles. The third kappa shape index (κ3) is 3.72. The summed E-state index contributed by atoms with van der Waals surface area (Å²) in [4.78, 5) is 0. The van der Waals surface area contributed by atoms with Crippen molar-refractivity contribution in [3.8, 4) is 0 Å². The molecule has 94 valence electrons. The van der Waals surface area contributed by atoms with Gasteiger partial charge in [-0.2, -0.15) is 0 Å². The Morgan fingerprint density at radius 3 is 2.62 bits per heavy atom. The minimum atomic E-state index is -0.0495. The van der Waals surface area contributed by atoms with E-state index in [0.29, 0.717) is 18.2 Å². The van der Waals surface area contributed by atoms with Gasteiger partial charge in [0.15, 0.2) is 0 Å². The monoisotopic (exact) mass is 227 g/mol. The molecule has 0 radical (unpaired) electrons. The standard InChI is InChI=1S/C13H25NO2/c1-10(9-13-3-2-8-16-13)14-11-4-6-12(15)7-5-11/h10-15H,2-9H2,1H3. The van der Waals surface area contributed by atoms with Crippen LogP contribution in [-0.2, 0) is 4.74 Å². The van der Waals surface area contributed by atoms with E-state index in [1.807, 2.05) is 0 Å². The SMILES string of the molecule is CC(CC1CCCO1)NC1CCC(O)CC1. The molecule has 2 N–H and O–H groups in total. The van der Waals surface area contributed by atoms with Crippen LogP contribution in [0.1, 0.15) is 51.9 Å². The molecule has 0 amide bonds. The minimum Gasteiger partial charge on any atom is -0.393 e. The number of rotatable bonds is 4. The van der Waals surface area contributed by atoms with Gasteiger partial charge in [-0.05, 0) is 51.9 Å². The van der Waals surface area contributed by atoms with Gasteiger partial charge < -0.3 is 15.2 Å². The van der Waals surface area contributed by atoms with Gasteiger partial charge in [0.25, 0.3) is 0 Å². The fourth-order valence-electron chi connectivity index (χ4n) is 2.94. The number of aliphatic hydroxyl groups excluding tert-OH is 1. The van der Waals surface area contributed by atoms with Gasteiger partial charge >= 0.3 is 0 Å². The molecule has 1 heterocycles. The fraction of sp³-hybridized carbons (Fsp3) is 1.00. The highest BCUT2D eigenvalue weighted by Crippen LogP contribution is 2.21. The fourth-order valence-corrected chi connectivity index (χ4v) is 2.94. The van der Waals surface area contributed by atoms with E-state index < -0.39 is 0 Å². The molecule has 0 aromatic heterocycles. The van der Waals surface area contributed by atoms with Gasteiger partial charge in [-0.3, -0.25) is 0 Å². The molecule has 0 aromatic rings. The Hall–Kier alpha value is -0.120. The van der Waals surface area contributed by atoms with Crippen molar-refractivity contribution in [2.75, 3.05) is 6.61 Å². The van der Waals surface area contributed by atoms with Crippen LogP contribution in [0.25, 0.3) is 0 Å². The van der Waals surface area contributed by atoms with Crippen LogP contribution in [-0.4, -0.2) is 36.0 Å². The van der Waals surface area contributed by atoms with Crippen LogP contribution in [0.3, 0.4) is 0 Å². The van der Waals surface area contributed by atoms with Gasteiger partial charge in [0, 0.05) is 18.7 Å². The summed E-state index contributed by atoms with van der Waals surface area (Å²) >= 11 is 0. The summed E-state index contributed by atoms with van der Waals surface area (Å²) in [5, 5.41) is 13.1. The van der Waals surface area contributed by atoms with E-state index in [2.05, 4.69) is 12.2 Å². The summed E-state index contributed by atoms with van der Waals surface area (Å²) in [5.41, 5.74) is 0. The molecule has 1 saturated carbocycles. The first-order valence-electron chi connectivity index (χ1n) is 6.80. The quantitative estimate of drug-likeness (QED) is 0.770. The van der Waals surface area contributed by atoms with Crippen LogP contribution in [0, 0.1) is 0 Å². The maximum atomic E-state index is 9.44. The van der Waals surface area contributed by atoms with Crippen LogP contribution in [0.5, 0.6) is 0 Å². The average molecular weight is 227 g/mol. The van der Waals surface area contributed by atoms with E-state index >= 15 is 0 Å². The molecule has 1 aliphatic heterocycles. The summed E-state index contributed by atoms with van der Waals surface area (Å²) in [6.45, 7) is 3.21. The minimum absolute atomic E-state index is 0.0495. The maximum absolute atomic E-state index is 9.44. The zero-order chi connectivity index (χ0) is 11.4. The molecule has 2 aliphatic rings. The highest BCUT2D eigenvalue weighted by Gasteiger charge is 2.23. The Bertz CT molecular complexity index is 196. The van der Waals surface area contributed by atoms with Gasteiger partial charge in [0.1, 0.15) is 0 Å². The zero-order valence-corrected chi connectivity index (χ0v) is 10.3. The van der Waals surface area contributed by atoms with E-state index in [0.717, 1.165) is 38.7 Å². The van der Waals surface area contributed by atoms with Crippen molar-refractivity contribution in [1.82, 2.24) is 5.32 Å². The van der Waals surface area contributed by atoms with Gasteiger partial charge in [-0.15, -0.1) is 0 Å². The van der Waals surface area contributed by atoms with Crippen LogP contribution in [0.15, 0.2) is 0 Å². The zero-order valence-electron chi connectivity index (χ0n) is 10.3. The third-order valence-electron chi connectivity index (χ3n) is 3.86. The van der Waals surface area contributed by atoms with Crippen LogP contribution in [0.4, 0.5) is 0 Å². The average Bonchev–Trinajstić information content (AvgIpc) is 2.74. The van der Waals surface area contributed by atoms with Crippen molar-refractivity contribution < 1.29 is 9.84 Å². The Kier molecular flexibility index (Phi) is 4.62. The number of ether oxygens (including phenoxy) is 1. The molecule has 2 atom stereocenters. The van der Waals surface area contributed by atoms with Crippen molar-refractivity contribution >= 4 is 0 Å². The second kappa shape index (κ2) is 5.99. The first-order valence-corrected chi connectivity index (χ1v) is 6.80. The molecule has 2 unspecified atom stereocenters. The molecule has 1 aliphatic carbocycles. The molecule has 0 bridgehead atoms. The number of hydrogen-bond acceptors (Lipinski definition) is 3. The van der Waals surface area contributed by atoms with Crippen molar-refractivity contribution in [1.29, 1.82) is 0 Å². The highest BCUT2D eigenvalue weighted by atomic mass is 16.5.